The summed E-state index contributed by atoms with van der Waals surface area (Å²) in [7, 11) is 1.75. The lowest BCUT2D eigenvalue weighted by Gasteiger charge is -2.26. The van der Waals surface area contributed by atoms with Crippen LogP contribution in [0.5, 0.6) is 5.75 Å². The molecule has 7 heteroatoms. The first-order chi connectivity index (χ1) is 15.5. The van der Waals surface area contributed by atoms with Gasteiger partial charge in [0.05, 0.1) is 17.9 Å². The van der Waals surface area contributed by atoms with Crippen LogP contribution in [0.1, 0.15) is 66.2 Å². The minimum Gasteiger partial charge on any atom is -0.494 e. The second-order valence-corrected chi connectivity index (χ2v) is 8.40. The number of thiocarbonyl (C=S) groups is 1. The molecule has 2 amide bonds. The van der Waals surface area contributed by atoms with Gasteiger partial charge in [-0.25, -0.2) is 0 Å². The highest BCUT2D eigenvalue weighted by Crippen LogP contribution is 2.22. The molecular formula is C25H31N3O3S. The highest BCUT2D eigenvalue weighted by molar-refractivity contribution is 7.80. The van der Waals surface area contributed by atoms with Gasteiger partial charge < -0.3 is 15.0 Å². The van der Waals surface area contributed by atoms with Crippen LogP contribution < -0.4 is 20.3 Å². The van der Waals surface area contributed by atoms with Crippen LogP contribution in [0.3, 0.4) is 0 Å². The zero-order valence-corrected chi connectivity index (χ0v) is 19.5. The van der Waals surface area contributed by atoms with E-state index in [2.05, 4.69) is 10.6 Å². The van der Waals surface area contributed by atoms with Gasteiger partial charge in [-0.15, -0.1) is 0 Å². The Morgan fingerprint density at radius 3 is 2.41 bits per heavy atom. The van der Waals surface area contributed by atoms with Crippen molar-refractivity contribution < 1.29 is 14.3 Å². The highest BCUT2D eigenvalue weighted by atomic mass is 32.1. The third kappa shape index (κ3) is 6.29. The topological polar surface area (TPSA) is 70.7 Å². The number of hydrogen-bond acceptors (Lipinski definition) is 4. The molecule has 2 aromatic rings. The number of para-hydroxylation sites is 1. The van der Waals surface area contributed by atoms with Crippen LogP contribution in [0.25, 0.3) is 0 Å². The molecular weight excluding hydrogens is 422 g/mol. The summed E-state index contributed by atoms with van der Waals surface area (Å²) in [6.45, 7) is 2.67. The number of anilines is 1. The number of nitrogens with one attached hydrogen (secondary N) is 2. The van der Waals surface area contributed by atoms with Crippen molar-refractivity contribution in [1.82, 2.24) is 10.6 Å². The molecule has 170 valence electrons. The van der Waals surface area contributed by atoms with Gasteiger partial charge >= 0.3 is 0 Å². The number of nitrogens with zero attached hydrogens (tertiary/aromatic N) is 1. The maximum absolute atomic E-state index is 12.9. The van der Waals surface area contributed by atoms with Crippen LogP contribution in [-0.2, 0) is 0 Å². The summed E-state index contributed by atoms with van der Waals surface area (Å²) in [6.07, 6.45) is 6.47. The van der Waals surface area contributed by atoms with Gasteiger partial charge in [0.2, 0.25) is 0 Å². The van der Waals surface area contributed by atoms with Crippen LogP contribution in [-0.4, -0.2) is 36.6 Å². The Balaban J connectivity index is 1.65. The largest absolute Gasteiger partial charge is 0.494 e. The monoisotopic (exact) mass is 453 g/mol. The lowest BCUT2D eigenvalue weighted by molar-refractivity contribution is 0.0927. The SMILES string of the molecule is CCCOc1ccc(C(=O)NC(=S)N(C)c2ccccc2C(=O)NC2CCCCC2)cc1. The zero-order valence-electron chi connectivity index (χ0n) is 18.7. The van der Waals surface area contributed by atoms with E-state index in [1.165, 1.54) is 6.42 Å². The number of rotatable bonds is 7. The van der Waals surface area contributed by atoms with Gasteiger partial charge in [0.25, 0.3) is 11.8 Å². The summed E-state index contributed by atoms with van der Waals surface area (Å²) < 4.78 is 5.55. The highest BCUT2D eigenvalue weighted by Gasteiger charge is 2.21. The lowest BCUT2D eigenvalue weighted by Crippen LogP contribution is -2.42. The fourth-order valence-corrected chi connectivity index (χ4v) is 3.94. The maximum Gasteiger partial charge on any atom is 0.257 e. The molecule has 0 aromatic heterocycles. The summed E-state index contributed by atoms with van der Waals surface area (Å²) in [5.41, 5.74) is 1.66. The molecule has 0 aliphatic heterocycles. The van der Waals surface area contributed by atoms with Crippen molar-refractivity contribution in [3.63, 3.8) is 0 Å². The average molecular weight is 454 g/mol. The molecule has 2 N–H and O–H groups in total. The Kier molecular flexibility index (Phi) is 8.62. The van der Waals surface area contributed by atoms with Crippen molar-refractivity contribution in [2.24, 2.45) is 0 Å². The summed E-state index contributed by atoms with van der Waals surface area (Å²) in [5.74, 6) is 0.296. The van der Waals surface area contributed by atoms with Gasteiger partial charge in [0.1, 0.15) is 5.75 Å². The van der Waals surface area contributed by atoms with Crippen molar-refractivity contribution in [2.45, 2.75) is 51.5 Å². The van der Waals surface area contributed by atoms with E-state index in [1.807, 2.05) is 25.1 Å². The van der Waals surface area contributed by atoms with E-state index in [9.17, 15) is 9.59 Å². The first-order valence-corrected chi connectivity index (χ1v) is 11.6. The van der Waals surface area contributed by atoms with Gasteiger partial charge in [0.15, 0.2) is 5.11 Å². The summed E-state index contributed by atoms with van der Waals surface area (Å²) >= 11 is 5.46. The predicted octanol–water partition coefficient (Wildman–Crippen LogP) is 4.69. The fraction of sp³-hybridized carbons (Fsp3) is 0.400. The van der Waals surface area contributed by atoms with Crippen molar-refractivity contribution in [3.05, 3.63) is 59.7 Å². The number of carbonyl (C=O) groups excluding carboxylic acids is 2. The van der Waals surface area contributed by atoms with Gasteiger partial charge in [-0.05, 0) is 67.9 Å². The Morgan fingerprint density at radius 1 is 1.03 bits per heavy atom. The van der Waals surface area contributed by atoms with Gasteiger partial charge in [-0.3, -0.25) is 14.9 Å². The molecule has 1 aliphatic carbocycles. The molecule has 1 aliphatic rings. The summed E-state index contributed by atoms with van der Waals surface area (Å²) in [6, 6.07) is 14.4. The Hall–Kier alpha value is -2.93. The Labute approximate surface area is 195 Å². The van der Waals surface area contributed by atoms with E-state index in [-0.39, 0.29) is 23.0 Å². The fourth-order valence-electron chi connectivity index (χ4n) is 3.75. The molecule has 0 heterocycles. The molecule has 0 bridgehead atoms. The molecule has 0 atom stereocenters. The molecule has 0 radical (unpaired) electrons. The van der Waals surface area contributed by atoms with Crippen LogP contribution in [0.2, 0.25) is 0 Å². The molecule has 1 fully saturated rings. The number of benzene rings is 2. The quantitative estimate of drug-likeness (QED) is 0.595. The third-order valence-corrected chi connectivity index (χ3v) is 5.94. The Bertz CT molecular complexity index is 940. The molecule has 0 saturated heterocycles. The van der Waals surface area contributed by atoms with Gasteiger partial charge in [-0.1, -0.05) is 38.3 Å². The van der Waals surface area contributed by atoms with E-state index < -0.39 is 0 Å². The zero-order chi connectivity index (χ0) is 22.9. The normalized spacial score (nSPS) is 13.8. The first-order valence-electron chi connectivity index (χ1n) is 11.2. The van der Waals surface area contributed by atoms with Gasteiger partial charge in [-0.2, -0.15) is 0 Å². The average Bonchev–Trinajstić information content (AvgIpc) is 2.83. The minimum atomic E-state index is -0.312. The molecule has 3 rings (SSSR count). The van der Waals surface area contributed by atoms with Crippen LogP contribution in [0.15, 0.2) is 48.5 Å². The number of amides is 2. The summed E-state index contributed by atoms with van der Waals surface area (Å²) in [5, 5.41) is 6.12. The van der Waals surface area contributed by atoms with Crippen LogP contribution in [0.4, 0.5) is 5.69 Å². The molecule has 6 nitrogen and oxygen atoms in total. The van der Waals surface area contributed by atoms with Crippen LogP contribution in [0, 0.1) is 0 Å². The van der Waals surface area contributed by atoms with E-state index in [4.69, 9.17) is 17.0 Å². The lowest BCUT2D eigenvalue weighted by atomic mass is 9.95. The number of hydrogen-bond donors (Lipinski definition) is 2. The van der Waals surface area contributed by atoms with Crippen molar-refractivity contribution in [3.8, 4) is 5.75 Å². The maximum atomic E-state index is 12.9. The van der Waals surface area contributed by atoms with E-state index in [0.29, 0.717) is 23.4 Å². The Morgan fingerprint density at radius 2 is 1.72 bits per heavy atom. The summed E-state index contributed by atoms with van der Waals surface area (Å²) in [4.78, 5) is 27.2. The minimum absolute atomic E-state index is 0.115. The second-order valence-electron chi connectivity index (χ2n) is 8.02. The van der Waals surface area contributed by atoms with E-state index >= 15 is 0 Å². The van der Waals surface area contributed by atoms with E-state index in [0.717, 1.165) is 37.9 Å². The molecule has 32 heavy (non-hydrogen) atoms. The standard InChI is InChI=1S/C25H31N3O3S/c1-3-17-31-20-15-13-18(14-16-20)23(29)27-25(32)28(2)22-12-8-7-11-21(22)24(30)26-19-9-5-4-6-10-19/h7-8,11-16,19H,3-6,9-10,17H2,1-2H3,(H,26,30)(H,27,29,32). The number of ether oxygens (including phenoxy) is 1. The van der Waals surface area contributed by atoms with Crippen molar-refractivity contribution in [2.75, 3.05) is 18.6 Å². The van der Waals surface area contributed by atoms with Crippen LogP contribution >= 0.6 is 12.2 Å². The molecule has 0 unspecified atom stereocenters. The van der Waals surface area contributed by atoms with Crippen molar-refractivity contribution in [1.29, 1.82) is 0 Å². The predicted molar refractivity (Wildman–Crippen MR) is 131 cm³/mol. The number of carbonyl (C=O) groups is 2. The van der Waals surface area contributed by atoms with Gasteiger partial charge in [0, 0.05) is 18.7 Å². The van der Waals surface area contributed by atoms with Crippen molar-refractivity contribution >= 4 is 34.8 Å². The first kappa shape index (κ1) is 23.7. The molecule has 0 spiro atoms. The van der Waals surface area contributed by atoms with E-state index in [1.54, 1.807) is 42.3 Å². The molecule has 1 saturated carbocycles. The smallest absolute Gasteiger partial charge is 0.257 e. The second kappa shape index (κ2) is 11.6. The third-order valence-electron chi connectivity index (χ3n) is 5.56. The molecule has 2 aromatic carbocycles.